The third kappa shape index (κ3) is 3.03. The molecule has 1 fully saturated rings. The zero-order chi connectivity index (χ0) is 13.9. The van der Waals surface area contributed by atoms with Crippen LogP contribution in [0.25, 0.3) is 0 Å². The number of nitrogens with two attached hydrogens (primary N) is 1. The van der Waals surface area contributed by atoms with Crippen LogP contribution in [0.15, 0.2) is 23.4 Å². The van der Waals surface area contributed by atoms with Crippen molar-refractivity contribution in [3.05, 3.63) is 18.5 Å². The van der Waals surface area contributed by atoms with Crippen molar-refractivity contribution in [3.8, 4) is 0 Å². The SMILES string of the molecule is Nc1ccncc1S(=O)(=O)N1CCN(CCO)CC1. The van der Waals surface area contributed by atoms with Gasteiger partial charge in [0.1, 0.15) is 4.90 Å². The van der Waals surface area contributed by atoms with E-state index in [9.17, 15) is 8.42 Å². The molecule has 1 aliphatic rings. The summed E-state index contributed by atoms with van der Waals surface area (Å²) in [5.74, 6) is 0. The fourth-order valence-corrected chi connectivity index (χ4v) is 3.56. The highest BCUT2D eigenvalue weighted by molar-refractivity contribution is 7.89. The van der Waals surface area contributed by atoms with Gasteiger partial charge in [-0.25, -0.2) is 8.42 Å². The quantitative estimate of drug-likeness (QED) is 0.733. The van der Waals surface area contributed by atoms with Crippen molar-refractivity contribution in [1.29, 1.82) is 0 Å². The minimum atomic E-state index is -3.57. The number of rotatable bonds is 4. The summed E-state index contributed by atoms with van der Waals surface area (Å²) in [4.78, 5) is 5.91. The topological polar surface area (TPSA) is 99.8 Å². The lowest BCUT2D eigenvalue weighted by Crippen LogP contribution is -2.49. The second-order valence-electron chi connectivity index (χ2n) is 4.38. The van der Waals surface area contributed by atoms with Crippen LogP contribution < -0.4 is 5.73 Å². The Bertz CT molecular complexity index is 526. The highest BCUT2D eigenvalue weighted by Crippen LogP contribution is 2.21. The van der Waals surface area contributed by atoms with E-state index in [1.165, 1.54) is 22.8 Å². The van der Waals surface area contributed by atoms with Crippen LogP contribution in [0.5, 0.6) is 0 Å². The number of aliphatic hydroxyl groups is 1. The predicted octanol–water partition coefficient (Wildman–Crippen LogP) is -1.04. The molecule has 0 radical (unpaired) electrons. The van der Waals surface area contributed by atoms with Crippen molar-refractivity contribution >= 4 is 15.7 Å². The van der Waals surface area contributed by atoms with Gasteiger partial charge >= 0.3 is 0 Å². The molecule has 106 valence electrons. The molecule has 2 heterocycles. The van der Waals surface area contributed by atoms with Gasteiger partial charge in [-0.05, 0) is 6.07 Å². The molecule has 0 spiro atoms. The maximum Gasteiger partial charge on any atom is 0.246 e. The molecule has 2 rings (SSSR count). The van der Waals surface area contributed by atoms with Crippen LogP contribution in [-0.2, 0) is 10.0 Å². The highest BCUT2D eigenvalue weighted by atomic mass is 32.2. The molecular formula is C11H18N4O3S. The molecular weight excluding hydrogens is 268 g/mol. The number of nitrogen functional groups attached to an aromatic ring is 1. The van der Waals surface area contributed by atoms with Gasteiger partial charge in [0.2, 0.25) is 10.0 Å². The van der Waals surface area contributed by atoms with E-state index in [2.05, 4.69) is 4.98 Å². The van der Waals surface area contributed by atoms with E-state index < -0.39 is 10.0 Å². The number of aliphatic hydroxyl groups excluding tert-OH is 1. The Labute approximate surface area is 112 Å². The summed E-state index contributed by atoms with van der Waals surface area (Å²) < 4.78 is 26.2. The fourth-order valence-electron chi connectivity index (χ4n) is 2.08. The third-order valence-corrected chi connectivity index (χ3v) is 5.12. The Balaban J connectivity index is 2.12. The molecule has 1 saturated heterocycles. The van der Waals surface area contributed by atoms with Crippen molar-refractivity contribution in [2.75, 3.05) is 45.1 Å². The van der Waals surface area contributed by atoms with E-state index in [4.69, 9.17) is 10.8 Å². The molecule has 1 aliphatic heterocycles. The number of hydrogen-bond donors (Lipinski definition) is 2. The molecule has 7 nitrogen and oxygen atoms in total. The summed E-state index contributed by atoms with van der Waals surface area (Å²) in [7, 11) is -3.57. The molecule has 0 amide bonds. The van der Waals surface area contributed by atoms with E-state index in [1.807, 2.05) is 4.90 Å². The number of sulfonamides is 1. The Morgan fingerprint density at radius 1 is 1.32 bits per heavy atom. The van der Waals surface area contributed by atoms with Crippen LogP contribution in [0.3, 0.4) is 0 Å². The van der Waals surface area contributed by atoms with Crippen molar-refractivity contribution < 1.29 is 13.5 Å². The Morgan fingerprint density at radius 2 is 2.00 bits per heavy atom. The van der Waals surface area contributed by atoms with Crippen molar-refractivity contribution in [1.82, 2.24) is 14.2 Å². The molecule has 8 heteroatoms. The largest absolute Gasteiger partial charge is 0.398 e. The number of piperazine rings is 1. The van der Waals surface area contributed by atoms with E-state index in [1.54, 1.807) is 0 Å². The number of aromatic nitrogens is 1. The summed E-state index contributed by atoms with van der Waals surface area (Å²) in [5, 5.41) is 8.86. The van der Waals surface area contributed by atoms with Crippen molar-refractivity contribution in [2.24, 2.45) is 0 Å². The van der Waals surface area contributed by atoms with Crippen molar-refractivity contribution in [3.63, 3.8) is 0 Å². The maximum atomic E-state index is 12.4. The van der Waals surface area contributed by atoms with Gasteiger partial charge < -0.3 is 10.8 Å². The summed E-state index contributed by atoms with van der Waals surface area (Å²) in [6.45, 7) is 2.68. The standard InChI is InChI=1S/C11H18N4O3S/c12-10-1-2-13-9-11(10)19(17,18)15-5-3-14(4-6-15)7-8-16/h1-2,9,16H,3-8H2,(H2,12,13). The van der Waals surface area contributed by atoms with Crippen LogP contribution in [-0.4, -0.2) is 67.0 Å². The Kier molecular flexibility index (Phi) is 4.35. The third-order valence-electron chi connectivity index (χ3n) is 3.18. The highest BCUT2D eigenvalue weighted by Gasteiger charge is 2.29. The molecule has 1 aromatic heterocycles. The first-order valence-electron chi connectivity index (χ1n) is 6.08. The summed E-state index contributed by atoms with van der Waals surface area (Å²) in [6.07, 6.45) is 2.75. The van der Waals surface area contributed by atoms with Gasteiger partial charge in [-0.3, -0.25) is 9.88 Å². The fraction of sp³-hybridized carbons (Fsp3) is 0.545. The summed E-state index contributed by atoms with van der Waals surface area (Å²) >= 11 is 0. The van der Waals surface area contributed by atoms with Gasteiger partial charge in [-0.2, -0.15) is 4.31 Å². The summed E-state index contributed by atoms with van der Waals surface area (Å²) in [6, 6.07) is 1.48. The van der Waals surface area contributed by atoms with Crippen LogP contribution in [0, 0.1) is 0 Å². The van der Waals surface area contributed by atoms with Gasteiger partial charge in [0.05, 0.1) is 12.3 Å². The zero-order valence-corrected chi connectivity index (χ0v) is 11.4. The monoisotopic (exact) mass is 286 g/mol. The van der Waals surface area contributed by atoms with Gasteiger partial charge in [-0.1, -0.05) is 0 Å². The van der Waals surface area contributed by atoms with Crippen LogP contribution in [0.4, 0.5) is 5.69 Å². The van der Waals surface area contributed by atoms with Crippen LogP contribution >= 0.6 is 0 Å². The van der Waals surface area contributed by atoms with Crippen LogP contribution in [0.1, 0.15) is 0 Å². The van der Waals surface area contributed by atoms with E-state index in [-0.39, 0.29) is 17.2 Å². The molecule has 0 aromatic carbocycles. The Morgan fingerprint density at radius 3 is 2.58 bits per heavy atom. The van der Waals surface area contributed by atoms with E-state index in [0.29, 0.717) is 32.7 Å². The second kappa shape index (κ2) is 5.83. The zero-order valence-electron chi connectivity index (χ0n) is 10.6. The minimum absolute atomic E-state index is 0.0607. The van der Waals surface area contributed by atoms with Gasteiger partial charge in [0.25, 0.3) is 0 Å². The Hall–Kier alpha value is -1.22. The van der Waals surface area contributed by atoms with Crippen LogP contribution in [0.2, 0.25) is 0 Å². The lowest BCUT2D eigenvalue weighted by molar-refractivity contribution is 0.151. The van der Waals surface area contributed by atoms with Crippen molar-refractivity contribution in [2.45, 2.75) is 4.90 Å². The predicted molar refractivity (Wildman–Crippen MR) is 70.9 cm³/mol. The molecule has 0 atom stereocenters. The average molecular weight is 286 g/mol. The molecule has 19 heavy (non-hydrogen) atoms. The molecule has 0 aliphatic carbocycles. The molecule has 0 bridgehead atoms. The first kappa shape index (κ1) is 14.2. The normalized spacial score (nSPS) is 18.6. The maximum absolute atomic E-state index is 12.4. The number of nitrogens with zero attached hydrogens (tertiary/aromatic N) is 3. The average Bonchev–Trinajstić information content (AvgIpc) is 2.40. The van der Waals surface area contributed by atoms with E-state index >= 15 is 0 Å². The number of β-amino-alcohol motifs (C(OH)–C–C–N with tert-alkyl or cyclic N) is 1. The second-order valence-corrected chi connectivity index (χ2v) is 6.29. The summed E-state index contributed by atoms with van der Waals surface area (Å²) in [5.41, 5.74) is 5.91. The van der Waals surface area contributed by atoms with Gasteiger partial charge in [-0.15, -0.1) is 0 Å². The number of pyridine rings is 1. The minimum Gasteiger partial charge on any atom is -0.398 e. The number of anilines is 1. The van der Waals surface area contributed by atoms with Gasteiger partial charge in [0, 0.05) is 45.1 Å². The van der Waals surface area contributed by atoms with E-state index in [0.717, 1.165) is 0 Å². The smallest absolute Gasteiger partial charge is 0.246 e. The first-order valence-corrected chi connectivity index (χ1v) is 7.52. The first-order chi connectivity index (χ1) is 9.05. The lowest BCUT2D eigenvalue weighted by atomic mass is 10.4. The molecule has 0 unspecified atom stereocenters. The molecule has 0 saturated carbocycles. The van der Waals surface area contributed by atoms with Gasteiger partial charge in [0.15, 0.2) is 0 Å². The lowest BCUT2D eigenvalue weighted by Gasteiger charge is -2.33. The number of hydrogen-bond acceptors (Lipinski definition) is 6. The molecule has 3 N–H and O–H groups in total. The molecule has 1 aromatic rings.